The van der Waals surface area contributed by atoms with E-state index in [1.807, 2.05) is 0 Å². The maximum Gasteiger partial charge on any atom is 0.324 e. The van der Waals surface area contributed by atoms with Gasteiger partial charge in [0.15, 0.2) is 0 Å². The van der Waals surface area contributed by atoms with Crippen molar-refractivity contribution in [3.8, 4) is 0 Å². The highest BCUT2D eigenvalue weighted by molar-refractivity contribution is 6.30. The molecule has 0 spiro atoms. The van der Waals surface area contributed by atoms with Crippen molar-refractivity contribution in [3.63, 3.8) is 0 Å². The Hall–Kier alpha value is -2.32. The summed E-state index contributed by atoms with van der Waals surface area (Å²) in [5.74, 6) is -4.35. The highest BCUT2D eigenvalue weighted by Gasteiger charge is 2.74. The minimum Gasteiger partial charge on any atom is -0.481 e. The molecule has 0 radical (unpaired) electrons. The summed E-state index contributed by atoms with van der Waals surface area (Å²) in [6.07, 6.45) is -0.00951. The van der Waals surface area contributed by atoms with Gasteiger partial charge in [-0.2, -0.15) is 0 Å². The standard InChI is InChI=1S/C15H16ClN3O5/c16-6-2-1-3-7(4-6)18-14(24)19-8-5-15(17,13(22)23)11-9(8)10(11)12(20)21/h1-4,8-11H,5,17H2,(H,20,21)(H,22,23)(H2,18,19,24)/t8-,9-,10-,11-,15-/m0/s1. The molecule has 0 heterocycles. The smallest absolute Gasteiger partial charge is 0.324 e. The maximum atomic E-state index is 12.1. The van der Waals surface area contributed by atoms with Crippen LogP contribution in [-0.2, 0) is 9.59 Å². The van der Waals surface area contributed by atoms with Gasteiger partial charge in [-0.1, -0.05) is 17.7 Å². The molecule has 0 aromatic heterocycles. The Labute approximate surface area is 142 Å². The van der Waals surface area contributed by atoms with E-state index in [0.29, 0.717) is 10.7 Å². The second kappa shape index (κ2) is 5.64. The van der Waals surface area contributed by atoms with E-state index in [-0.39, 0.29) is 6.42 Å². The molecule has 6 N–H and O–H groups in total. The number of amides is 2. The van der Waals surface area contributed by atoms with E-state index in [0.717, 1.165) is 0 Å². The summed E-state index contributed by atoms with van der Waals surface area (Å²) >= 11 is 5.84. The summed E-state index contributed by atoms with van der Waals surface area (Å²) < 4.78 is 0. The van der Waals surface area contributed by atoms with Crippen LogP contribution in [0, 0.1) is 17.8 Å². The number of carbonyl (C=O) groups is 3. The van der Waals surface area contributed by atoms with Crippen molar-refractivity contribution in [2.75, 3.05) is 5.32 Å². The molecule has 2 amide bonds. The second-order valence-electron chi connectivity index (χ2n) is 6.23. The van der Waals surface area contributed by atoms with Crippen LogP contribution in [0.1, 0.15) is 6.42 Å². The van der Waals surface area contributed by atoms with Gasteiger partial charge in [0, 0.05) is 22.7 Å². The van der Waals surface area contributed by atoms with Crippen LogP contribution < -0.4 is 16.4 Å². The van der Waals surface area contributed by atoms with Gasteiger partial charge in [0.1, 0.15) is 5.54 Å². The van der Waals surface area contributed by atoms with Crippen LogP contribution in [-0.4, -0.2) is 39.8 Å². The molecule has 1 aromatic rings. The van der Waals surface area contributed by atoms with Gasteiger partial charge >= 0.3 is 18.0 Å². The molecular weight excluding hydrogens is 338 g/mol. The zero-order valence-corrected chi connectivity index (χ0v) is 13.2. The number of benzene rings is 1. The Morgan fingerprint density at radius 2 is 2.00 bits per heavy atom. The molecule has 8 nitrogen and oxygen atoms in total. The molecule has 0 unspecified atom stereocenters. The monoisotopic (exact) mass is 353 g/mol. The van der Waals surface area contributed by atoms with Crippen molar-refractivity contribution in [3.05, 3.63) is 29.3 Å². The topological polar surface area (TPSA) is 142 Å². The Morgan fingerprint density at radius 3 is 2.58 bits per heavy atom. The zero-order chi connectivity index (χ0) is 17.6. The highest BCUT2D eigenvalue weighted by atomic mass is 35.5. The Bertz CT molecular complexity index is 727. The van der Waals surface area contributed by atoms with Gasteiger partial charge in [-0.15, -0.1) is 0 Å². The first-order valence-electron chi connectivity index (χ1n) is 7.32. The molecule has 2 saturated carbocycles. The van der Waals surface area contributed by atoms with E-state index in [1.54, 1.807) is 24.3 Å². The maximum absolute atomic E-state index is 12.1. The lowest BCUT2D eigenvalue weighted by molar-refractivity contribution is -0.145. The molecule has 2 aliphatic carbocycles. The lowest BCUT2D eigenvalue weighted by Crippen LogP contribution is -2.52. The molecule has 2 fully saturated rings. The van der Waals surface area contributed by atoms with Crippen molar-refractivity contribution in [2.24, 2.45) is 23.5 Å². The molecule has 0 saturated heterocycles. The van der Waals surface area contributed by atoms with E-state index in [9.17, 15) is 24.6 Å². The van der Waals surface area contributed by atoms with Crippen LogP contribution >= 0.6 is 11.6 Å². The van der Waals surface area contributed by atoms with Crippen molar-refractivity contribution in [1.82, 2.24) is 5.32 Å². The number of nitrogens with one attached hydrogen (secondary N) is 2. The van der Waals surface area contributed by atoms with Gasteiger partial charge in [0.05, 0.1) is 5.92 Å². The molecule has 0 aliphatic heterocycles. The van der Waals surface area contributed by atoms with Gasteiger partial charge in [-0.05, 0) is 30.5 Å². The summed E-state index contributed by atoms with van der Waals surface area (Å²) in [5, 5.41) is 24.2. The second-order valence-corrected chi connectivity index (χ2v) is 6.67. The number of fused-ring (bicyclic) bond motifs is 1. The van der Waals surface area contributed by atoms with Crippen LogP contribution in [0.3, 0.4) is 0 Å². The minimum absolute atomic E-state index is 0.00951. The van der Waals surface area contributed by atoms with Crippen molar-refractivity contribution in [1.29, 1.82) is 0 Å². The van der Waals surface area contributed by atoms with E-state index < -0.39 is 47.3 Å². The summed E-state index contributed by atoms with van der Waals surface area (Å²) in [6, 6.07) is 5.34. The zero-order valence-electron chi connectivity index (χ0n) is 12.4. The predicted molar refractivity (Wildman–Crippen MR) is 84.7 cm³/mol. The van der Waals surface area contributed by atoms with E-state index >= 15 is 0 Å². The Kier molecular flexibility index (Phi) is 3.89. The average molecular weight is 354 g/mol. The van der Waals surface area contributed by atoms with Crippen LogP contribution in [0.5, 0.6) is 0 Å². The summed E-state index contributed by atoms with van der Waals surface area (Å²) in [7, 11) is 0. The summed E-state index contributed by atoms with van der Waals surface area (Å²) in [5.41, 5.74) is 4.73. The molecule has 1 aromatic carbocycles. The number of urea groups is 1. The van der Waals surface area contributed by atoms with Crippen molar-refractivity contribution >= 4 is 35.3 Å². The number of hydrogen-bond acceptors (Lipinski definition) is 4. The van der Waals surface area contributed by atoms with Gasteiger partial charge in [0.25, 0.3) is 0 Å². The molecule has 3 rings (SSSR count). The number of carboxylic acids is 2. The normalized spacial score (nSPS) is 33.4. The Morgan fingerprint density at radius 1 is 1.29 bits per heavy atom. The molecular formula is C15H16ClN3O5. The van der Waals surface area contributed by atoms with Crippen LogP contribution in [0.15, 0.2) is 24.3 Å². The molecule has 9 heteroatoms. The number of rotatable bonds is 4. The van der Waals surface area contributed by atoms with Gasteiger partial charge in [0.2, 0.25) is 0 Å². The van der Waals surface area contributed by atoms with E-state index in [2.05, 4.69) is 10.6 Å². The van der Waals surface area contributed by atoms with Crippen molar-refractivity contribution < 1.29 is 24.6 Å². The van der Waals surface area contributed by atoms with Crippen molar-refractivity contribution in [2.45, 2.75) is 18.0 Å². The fraction of sp³-hybridized carbons (Fsp3) is 0.400. The number of carboxylic acid groups (broad SMARTS) is 2. The largest absolute Gasteiger partial charge is 0.481 e. The molecule has 2 aliphatic rings. The lowest BCUT2D eigenvalue weighted by atomic mass is 9.90. The SMILES string of the molecule is N[C@@]1(C(=O)O)C[C@H](NC(=O)Nc2cccc(Cl)c2)[C@H]2[C@H](C(=O)O)[C@H]21. The predicted octanol–water partition coefficient (Wildman–Crippen LogP) is 0.963. The minimum atomic E-state index is -1.64. The first-order chi connectivity index (χ1) is 11.2. The number of nitrogens with two attached hydrogens (primary N) is 1. The number of aliphatic carboxylic acids is 2. The fourth-order valence-corrected chi connectivity index (χ4v) is 3.92. The Balaban J connectivity index is 1.70. The number of carbonyl (C=O) groups excluding carboxylic acids is 1. The summed E-state index contributed by atoms with van der Waals surface area (Å²) in [6.45, 7) is 0. The van der Waals surface area contributed by atoms with Gasteiger partial charge < -0.3 is 26.6 Å². The van der Waals surface area contributed by atoms with Crippen LogP contribution in [0.4, 0.5) is 10.5 Å². The number of anilines is 1. The van der Waals surface area contributed by atoms with E-state index in [4.69, 9.17) is 17.3 Å². The van der Waals surface area contributed by atoms with Crippen LogP contribution in [0.25, 0.3) is 0 Å². The van der Waals surface area contributed by atoms with Gasteiger partial charge in [-0.3, -0.25) is 9.59 Å². The number of hydrogen-bond donors (Lipinski definition) is 5. The summed E-state index contributed by atoms with van der Waals surface area (Å²) in [4.78, 5) is 34.8. The number of halogens is 1. The molecule has 0 bridgehead atoms. The van der Waals surface area contributed by atoms with E-state index in [1.165, 1.54) is 0 Å². The fourth-order valence-electron chi connectivity index (χ4n) is 3.73. The van der Waals surface area contributed by atoms with Crippen LogP contribution in [0.2, 0.25) is 5.02 Å². The third-order valence-corrected chi connectivity index (χ3v) is 5.01. The first kappa shape index (κ1) is 16.5. The first-order valence-corrected chi connectivity index (χ1v) is 7.70. The molecule has 24 heavy (non-hydrogen) atoms. The average Bonchev–Trinajstić information content (AvgIpc) is 3.16. The lowest BCUT2D eigenvalue weighted by Gasteiger charge is -2.25. The third-order valence-electron chi connectivity index (χ3n) is 4.77. The van der Waals surface area contributed by atoms with Gasteiger partial charge in [-0.25, -0.2) is 4.79 Å². The third kappa shape index (κ3) is 2.67. The highest BCUT2D eigenvalue weighted by Crippen LogP contribution is 2.61. The quantitative estimate of drug-likeness (QED) is 0.546. The molecule has 5 atom stereocenters. The molecule has 128 valence electrons.